The molecule has 1 saturated heterocycles. The molecule has 1 aliphatic heterocycles. The minimum Gasteiger partial charge on any atom is -0.344 e. The molecule has 6 heteroatoms. The fourth-order valence-electron chi connectivity index (χ4n) is 3.63. The molecule has 3 aromatic rings. The van der Waals surface area contributed by atoms with E-state index in [1.165, 1.54) is 0 Å². The van der Waals surface area contributed by atoms with E-state index in [2.05, 4.69) is 44.3 Å². The van der Waals surface area contributed by atoms with Crippen molar-refractivity contribution in [1.82, 2.24) is 25.1 Å². The standard InChI is InChI=1S/C24H27N5O/c1-28-12-14-29(15-13-28)18-22(19-8-4-2-5-9-19)27-24(30)21-16-25-23(26-17-21)20-10-6-3-7-11-20/h2-11,16-17,22H,12-15,18H2,1H3,(H,27,30). The Morgan fingerprint density at radius 2 is 1.53 bits per heavy atom. The van der Waals surface area contributed by atoms with Crippen LogP contribution in [0.15, 0.2) is 73.1 Å². The summed E-state index contributed by atoms with van der Waals surface area (Å²) in [5.74, 6) is 0.460. The molecule has 1 unspecified atom stereocenters. The van der Waals surface area contributed by atoms with Gasteiger partial charge in [0.05, 0.1) is 11.6 Å². The number of nitrogens with zero attached hydrogens (tertiary/aromatic N) is 4. The molecular formula is C24H27N5O. The van der Waals surface area contributed by atoms with Crippen LogP contribution in [-0.2, 0) is 0 Å². The van der Waals surface area contributed by atoms with Gasteiger partial charge >= 0.3 is 0 Å². The lowest BCUT2D eigenvalue weighted by Gasteiger charge is -2.35. The number of benzene rings is 2. The third-order valence-electron chi connectivity index (χ3n) is 5.49. The maximum atomic E-state index is 13.0. The normalized spacial score (nSPS) is 16.2. The molecule has 1 fully saturated rings. The van der Waals surface area contributed by atoms with Crippen molar-refractivity contribution in [3.8, 4) is 11.4 Å². The Balaban J connectivity index is 1.47. The van der Waals surface area contributed by atoms with E-state index in [-0.39, 0.29) is 11.9 Å². The summed E-state index contributed by atoms with van der Waals surface area (Å²) in [6, 6.07) is 19.8. The zero-order chi connectivity index (χ0) is 20.8. The molecule has 1 amide bonds. The molecule has 30 heavy (non-hydrogen) atoms. The van der Waals surface area contributed by atoms with Gasteiger partial charge in [0.25, 0.3) is 5.91 Å². The van der Waals surface area contributed by atoms with Gasteiger partial charge in [0, 0.05) is 50.7 Å². The summed E-state index contributed by atoms with van der Waals surface area (Å²) >= 11 is 0. The van der Waals surface area contributed by atoms with Gasteiger partial charge in [-0.05, 0) is 12.6 Å². The Morgan fingerprint density at radius 1 is 0.933 bits per heavy atom. The maximum Gasteiger partial charge on any atom is 0.254 e. The molecule has 6 nitrogen and oxygen atoms in total. The number of aromatic nitrogens is 2. The number of nitrogens with one attached hydrogen (secondary N) is 1. The van der Waals surface area contributed by atoms with Crippen LogP contribution >= 0.6 is 0 Å². The van der Waals surface area contributed by atoms with Crippen LogP contribution in [-0.4, -0.2) is 65.4 Å². The van der Waals surface area contributed by atoms with Crippen molar-refractivity contribution in [2.75, 3.05) is 39.8 Å². The van der Waals surface area contributed by atoms with Crippen LogP contribution in [0.2, 0.25) is 0 Å². The summed E-state index contributed by atoms with van der Waals surface area (Å²) < 4.78 is 0. The molecule has 1 aliphatic rings. The Labute approximate surface area is 177 Å². The molecule has 1 atom stereocenters. The van der Waals surface area contributed by atoms with Gasteiger partial charge in [0.1, 0.15) is 0 Å². The fraction of sp³-hybridized carbons (Fsp3) is 0.292. The number of carbonyl (C=O) groups excluding carboxylic acids is 1. The molecule has 2 aromatic carbocycles. The van der Waals surface area contributed by atoms with Gasteiger partial charge in [-0.3, -0.25) is 9.69 Å². The van der Waals surface area contributed by atoms with E-state index in [0.29, 0.717) is 11.4 Å². The molecule has 1 aromatic heterocycles. The van der Waals surface area contributed by atoms with Crippen LogP contribution in [0.1, 0.15) is 22.0 Å². The molecule has 1 N–H and O–H groups in total. The maximum absolute atomic E-state index is 13.0. The minimum atomic E-state index is -0.155. The molecule has 0 radical (unpaired) electrons. The van der Waals surface area contributed by atoms with Crippen molar-refractivity contribution in [3.05, 3.63) is 84.2 Å². The smallest absolute Gasteiger partial charge is 0.254 e. The summed E-state index contributed by atoms with van der Waals surface area (Å²) in [5, 5.41) is 3.19. The minimum absolute atomic E-state index is 0.0871. The van der Waals surface area contributed by atoms with Crippen molar-refractivity contribution in [2.24, 2.45) is 0 Å². The van der Waals surface area contributed by atoms with Crippen LogP contribution < -0.4 is 5.32 Å². The van der Waals surface area contributed by atoms with E-state index in [1.54, 1.807) is 12.4 Å². The average Bonchev–Trinajstić information content (AvgIpc) is 2.81. The lowest BCUT2D eigenvalue weighted by atomic mass is 10.1. The van der Waals surface area contributed by atoms with Gasteiger partial charge in [-0.1, -0.05) is 60.7 Å². The first-order valence-electron chi connectivity index (χ1n) is 10.3. The van der Waals surface area contributed by atoms with Crippen molar-refractivity contribution >= 4 is 5.91 Å². The van der Waals surface area contributed by atoms with Crippen molar-refractivity contribution in [1.29, 1.82) is 0 Å². The van der Waals surface area contributed by atoms with Gasteiger partial charge < -0.3 is 10.2 Å². The fourth-order valence-corrected chi connectivity index (χ4v) is 3.63. The summed E-state index contributed by atoms with van der Waals surface area (Å²) in [6.45, 7) is 4.89. The first kappa shape index (κ1) is 20.2. The Morgan fingerprint density at radius 3 is 2.17 bits per heavy atom. The highest BCUT2D eigenvalue weighted by atomic mass is 16.1. The highest BCUT2D eigenvalue weighted by Crippen LogP contribution is 2.17. The first-order chi connectivity index (χ1) is 14.7. The van der Waals surface area contributed by atoms with E-state index in [4.69, 9.17) is 0 Å². The Kier molecular flexibility index (Phi) is 6.47. The molecule has 0 aliphatic carbocycles. The number of carbonyl (C=O) groups is 1. The lowest BCUT2D eigenvalue weighted by molar-refractivity contribution is 0.0906. The predicted molar refractivity (Wildman–Crippen MR) is 118 cm³/mol. The van der Waals surface area contributed by atoms with Crippen molar-refractivity contribution in [2.45, 2.75) is 6.04 Å². The van der Waals surface area contributed by atoms with Gasteiger partial charge in [0.15, 0.2) is 5.82 Å². The quantitative estimate of drug-likeness (QED) is 0.688. The molecule has 0 spiro atoms. The predicted octanol–water partition coefficient (Wildman–Crippen LogP) is 2.86. The van der Waals surface area contributed by atoms with Gasteiger partial charge in [0.2, 0.25) is 0 Å². The van der Waals surface area contributed by atoms with E-state index in [9.17, 15) is 4.79 Å². The molecule has 0 saturated carbocycles. The second-order valence-corrected chi connectivity index (χ2v) is 7.70. The first-order valence-corrected chi connectivity index (χ1v) is 10.3. The number of rotatable bonds is 6. The summed E-state index contributed by atoms with van der Waals surface area (Å²) in [4.78, 5) is 26.5. The lowest BCUT2D eigenvalue weighted by Crippen LogP contribution is -2.47. The van der Waals surface area contributed by atoms with Crippen LogP contribution in [0.25, 0.3) is 11.4 Å². The summed E-state index contributed by atoms with van der Waals surface area (Å²) in [6.07, 6.45) is 3.20. The third kappa shape index (κ3) is 5.09. The SMILES string of the molecule is CN1CCN(CC(NC(=O)c2cnc(-c3ccccc3)nc2)c2ccccc2)CC1. The largest absolute Gasteiger partial charge is 0.344 e. The van der Waals surface area contributed by atoms with Crippen molar-refractivity contribution in [3.63, 3.8) is 0 Å². The van der Waals surface area contributed by atoms with Crippen LogP contribution in [0.4, 0.5) is 0 Å². The molecular weight excluding hydrogens is 374 g/mol. The zero-order valence-electron chi connectivity index (χ0n) is 17.2. The third-order valence-corrected chi connectivity index (χ3v) is 5.49. The van der Waals surface area contributed by atoms with Crippen LogP contribution in [0.5, 0.6) is 0 Å². The Bertz CT molecular complexity index is 938. The van der Waals surface area contributed by atoms with Crippen LogP contribution in [0.3, 0.4) is 0 Å². The van der Waals surface area contributed by atoms with Gasteiger partial charge in [-0.25, -0.2) is 9.97 Å². The molecule has 4 rings (SSSR count). The number of likely N-dealkylation sites (N-methyl/N-ethyl adjacent to an activating group) is 1. The highest BCUT2D eigenvalue weighted by molar-refractivity contribution is 5.94. The second-order valence-electron chi connectivity index (χ2n) is 7.70. The number of hydrogen-bond donors (Lipinski definition) is 1. The highest BCUT2D eigenvalue weighted by Gasteiger charge is 2.22. The monoisotopic (exact) mass is 401 g/mol. The number of piperazine rings is 1. The summed E-state index contributed by atoms with van der Waals surface area (Å²) in [5.41, 5.74) is 2.50. The van der Waals surface area contributed by atoms with Crippen LogP contribution in [0, 0.1) is 0 Å². The van der Waals surface area contributed by atoms with E-state index in [0.717, 1.165) is 43.9 Å². The summed E-state index contributed by atoms with van der Waals surface area (Å²) in [7, 11) is 2.15. The molecule has 0 bridgehead atoms. The van der Waals surface area contributed by atoms with Gasteiger partial charge in [-0.2, -0.15) is 0 Å². The van der Waals surface area contributed by atoms with E-state index >= 15 is 0 Å². The number of amides is 1. The van der Waals surface area contributed by atoms with E-state index < -0.39 is 0 Å². The second kappa shape index (κ2) is 9.61. The topological polar surface area (TPSA) is 61.4 Å². The number of hydrogen-bond acceptors (Lipinski definition) is 5. The Hall–Kier alpha value is -3.09. The molecule has 2 heterocycles. The zero-order valence-corrected chi connectivity index (χ0v) is 17.2. The van der Waals surface area contributed by atoms with Crippen molar-refractivity contribution < 1.29 is 4.79 Å². The average molecular weight is 402 g/mol. The van der Waals surface area contributed by atoms with E-state index in [1.807, 2.05) is 48.5 Å². The molecule has 154 valence electrons. The van der Waals surface area contributed by atoms with Gasteiger partial charge in [-0.15, -0.1) is 0 Å².